The first-order chi connectivity index (χ1) is 15.0. The largest absolute Gasteiger partial charge is 0.462 e. The summed E-state index contributed by atoms with van der Waals surface area (Å²) >= 11 is 5.96. The van der Waals surface area contributed by atoms with Crippen molar-refractivity contribution in [2.75, 3.05) is 11.5 Å². The lowest BCUT2D eigenvalue weighted by atomic mass is 10.1. The second kappa shape index (κ2) is 8.49. The zero-order chi connectivity index (χ0) is 22.0. The summed E-state index contributed by atoms with van der Waals surface area (Å²) in [6, 6.07) is 16.1. The van der Waals surface area contributed by atoms with Crippen LogP contribution in [0.25, 0.3) is 17.4 Å². The Morgan fingerprint density at radius 2 is 1.90 bits per heavy atom. The van der Waals surface area contributed by atoms with Crippen LogP contribution < -0.4 is 10.2 Å². The maximum Gasteiger partial charge on any atom is 0.338 e. The van der Waals surface area contributed by atoms with Crippen molar-refractivity contribution >= 4 is 41.3 Å². The Kier molecular flexibility index (Phi) is 5.60. The predicted molar refractivity (Wildman–Crippen MR) is 116 cm³/mol. The number of hydrogen-bond donors (Lipinski definition) is 1. The van der Waals surface area contributed by atoms with E-state index >= 15 is 0 Å². The van der Waals surface area contributed by atoms with Crippen LogP contribution in [0.5, 0.6) is 0 Å². The molecule has 1 fully saturated rings. The van der Waals surface area contributed by atoms with E-state index < -0.39 is 17.9 Å². The molecule has 1 aromatic heterocycles. The van der Waals surface area contributed by atoms with Crippen LogP contribution in [0.3, 0.4) is 0 Å². The molecule has 0 radical (unpaired) electrons. The molecule has 156 valence electrons. The lowest BCUT2D eigenvalue weighted by Crippen LogP contribution is -2.30. The summed E-state index contributed by atoms with van der Waals surface area (Å²) in [6.45, 7) is 2.05. The van der Waals surface area contributed by atoms with Crippen molar-refractivity contribution in [1.82, 2.24) is 5.32 Å². The summed E-state index contributed by atoms with van der Waals surface area (Å²) in [4.78, 5) is 37.8. The van der Waals surface area contributed by atoms with Gasteiger partial charge < -0.3 is 14.5 Å². The fourth-order valence-corrected chi connectivity index (χ4v) is 3.28. The van der Waals surface area contributed by atoms with Gasteiger partial charge in [-0.05, 0) is 49.4 Å². The Morgan fingerprint density at radius 3 is 2.61 bits per heavy atom. The maximum absolute atomic E-state index is 12.7. The zero-order valence-corrected chi connectivity index (χ0v) is 17.2. The molecule has 0 spiro atoms. The molecule has 1 aliphatic heterocycles. The van der Waals surface area contributed by atoms with Gasteiger partial charge in [0.1, 0.15) is 17.2 Å². The van der Waals surface area contributed by atoms with Gasteiger partial charge in [-0.2, -0.15) is 0 Å². The summed E-state index contributed by atoms with van der Waals surface area (Å²) in [5.41, 5.74) is 1.66. The minimum atomic E-state index is -0.570. The number of benzene rings is 2. The lowest BCUT2D eigenvalue weighted by molar-refractivity contribution is -0.113. The summed E-state index contributed by atoms with van der Waals surface area (Å²) < 4.78 is 10.8. The zero-order valence-electron chi connectivity index (χ0n) is 16.4. The van der Waals surface area contributed by atoms with Gasteiger partial charge in [-0.3, -0.25) is 4.79 Å². The molecule has 0 saturated carbocycles. The highest BCUT2D eigenvalue weighted by Crippen LogP contribution is 2.27. The molecule has 8 heteroatoms. The van der Waals surface area contributed by atoms with Gasteiger partial charge in [0.25, 0.3) is 5.91 Å². The van der Waals surface area contributed by atoms with Gasteiger partial charge in [-0.25, -0.2) is 14.5 Å². The Balaban J connectivity index is 1.54. The molecule has 0 unspecified atom stereocenters. The van der Waals surface area contributed by atoms with Gasteiger partial charge in [-0.15, -0.1) is 0 Å². The summed E-state index contributed by atoms with van der Waals surface area (Å²) in [5, 5.41) is 2.96. The van der Waals surface area contributed by atoms with Crippen LogP contribution in [0.15, 0.2) is 70.8 Å². The highest BCUT2D eigenvalue weighted by Gasteiger charge is 2.35. The van der Waals surface area contributed by atoms with E-state index in [0.717, 1.165) is 10.5 Å². The molecule has 0 atom stereocenters. The highest BCUT2D eigenvalue weighted by molar-refractivity contribution is 6.32. The first-order valence-electron chi connectivity index (χ1n) is 9.46. The van der Waals surface area contributed by atoms with Crippen molar-refractivity contribution in [1.29, 1.82) is 0 Å². The maximum atomic E-state index is 12.7. The predicted octanol–water partition coefficient (Wildman–Crippen LogP) is 4.87. The SMILES string of the molecule is CCOC(=O)c1ccc(-c2ccc(C=C3NC(=O)N(c4cccc(Cl)c4)C3=O)o2)cc1. The van der Waals surface area contributed by atoms with E-state index in [2.05, 4.69) is 5.32 Å². The fourth-order valence-electron chi connectivity index (χ4n) is 3.10. The number of ether oxygens (including phenoxy) is 1. The summed E-state index contributed by atoms with van der Waals surface area (Å²) in [7, 11) is 0. The first-order valence-corrected chi connectivity index (χ1v) is 9.84. The Morgan fingerprint density at radius 1 is 1.13 bits per heavy atom. The smallest absolute Gasteiger partial charge is 0.338 e. The monoisotopic (exact) mass is 436 g/mol. The topological polar surface area (TPSA) is 88.9 Å². The average Bonchev–Trinajstić information content (AvgIpc) is 3.33. The number of amides is 3. The van der Waals surface area contributed by atoms with Gasteiger partial charge in [0.05, 0.1) is 17.9 Å². The second-order valence-corrected chi connectivity index (χ2v) is 7.04. The summed E-state index contributed by atoms with van der Waals surface area (Å²) in [5.74, 6) is 0.0365. The molecule has 3 amide bonds. The molecular weight excluding hydrogens is 420 g/mol. The standard InChI is InChI=1S/C23H17ClN2O5/c1-2-30-22(28)15-8-6-14(7-9-15)20-11-10-18(31-20)13-19-21(27)26(23(29)25-19)17-5-3-4-16(24)12-17/h3-13H,2H2,1H3,(H,25,29). The second-order valence-electron chi connectivity index (χ2n) is 6.61. The number of nitrogens with one attached hydrogen (secondary N) is 1. The van der Waals surface area contributed by atoms with Gasteiger partial charge in [0.2, 0.25) is 0 Å². The minimum Gasteiger partial charge on any atom is -0.462 e. The van der Waals surface area contributed by atoms with Crippen LogP contribution in [0.2, 0.25) is 5.02 Å². The Hall–Kier alpha value is -3.84. The van der Waals surface area contributed by atoms with Gasteiger partial charge >= 0.3 is 12.0 Å². The summed E-state index contributed by atoms with van der Waals surface area (Å²) in [6.07, 6.45) is 1.46. The van der Waals surface area contributed by atoms with Crippen molar-refractivity contribution in [3.8, 4) is 11.3 Å². The number of imide groups is 1. The highest BCUT2D eigenvalue weighted by atomic mass is 35.5. The average molecular weight is 437 g/mol. The van der Waals surface area contributed by atoms with Crippen molar-refractivity contribution < 1.29 is 23.5 Å². The molecule has 2 heterocycles. The van der Waals surface area contributed by atoms with Crippen LogP contribution in [0.4, 0.5) is 10.5 Å². The number of esters is 1. The number of halogens is 1. The van der Waals surface area contributed by atoms with Crippen molar-refractivity contribution in [3.05, 3.63) is 82.7 Å². The molecule has 31 heavy (non-hydrogen) atoms. The number of carbonyl (C=O) groups is 3. The van der Waals surface area contributed by atoms with E-state index in [-0.39, 0.29) is 5.70 Å². The molecule has 1 saturated heterocycles. The fraction of sp³-hybridized carbons (Fsp3) is 0.0870. The van der Waals surface area contributed by atoms with Crippen molar-refractivity contribution in [3.63, 3.8) is 0 Å². The third-order valence-corrected chi connectivity index (χ3v) is 4.77. The number of carbonyl (C=O) groups excluding carboxylic acids is 3. The number of furan rings is 1. The van der Waals surface area contributed by atoms with E-state index in [1.165, 1.54) is 12.1 Å². The first kappa shape index (κ1) is 20.4. The van der Waals surface area contributed by atoms with Crippen LogP contribution in [-0.2, 0) is 9.53 Å². The normalized spacial score (nSPS) is 14.8. The van der Waals surface area contributed by atoms with E-state index in [9.17, 15) is 14.4 Å². The Bertz CT molecular complexity index is 1200. The third kappa shape index (κ3) is 4.22. The third-order valence-electron chi connectivity index (χ3n) is 4.54. The van der Waals surface area contributed by atoms with E-state index in [0.29, 0.717) is 34.4 Å². The van der Waals surface area contributed by atoms with Gasteiger partial charge in [0.15, 0.2) is 0 Å². The number of urea groups is 1. The number of hydrogen-bond acceptors (Lipinski definition) is 5. The number of nitrogens with zero attached hydrogens (tertiary/aromatic N) is 1. The Labute approximate surface area is 182 Å². The molecule has 2 aromatic carbocycles. The van der Waals surface area contributed by atoms with Crippen LogP contribution >= 0.6 is 11.6 Å². The quantitative estimate of drug-likeness (QED) is 0.350. The molecule has 4 rings (SSSR count). The molecule has 0 bridgehead atoms. The molecule has 7 nitrogen and oxygen atoms in total. The molecule has 1 N–H and O–H groups in total. The van der Waals surface area contributed by atoms with E-state index in [4.69, 9.17) is 20.8 Å². The van der Waals surface area contributed by atoms with Crippen LogP contribution in [0.1, 0.15) is 23.0 Å². The molecule has 3 aromatic rings. The van der Waals surface area contributed by atoms with Gasteiger partial charge in [-0.1, -0.05) is 29.8 Å². The molecule has 1 aliphatic rings. The minimum absolute atomic E-state index is 0.0866. The number of rotatable bonds is 5. The number of anilines is 1. The van der Waals surface area contributed by atoms with Crippen LogP contribution in [-0.4, -0.2) is 24.5 Å². The molecule has 0 aliphatic carbocycles. The molecular formula is C23H17ClN2O5. The van der Waals surface area contributed by atoms with Crippen molar-refractivity contribution in [2.45, 2.75) is 6.92 Å². The van der Waals surface area contributed by atoms with E-state index in [1.807, 2.05) is 0 Å². The van der Waals surface area contributed by atoms with Gasteiger partial charge in [0, 0.05) is 16.7 Å². The van der Waals surface area contributed by atoms with Crippen molar-refractivity contribution in [2.24, 2.45) is 0 Å². The van der Waals surface area contributed by atoms with E-state index in [1.54, 1.807) is 61.5 Å². The van der Waals surface area contributed by atoms with Crippen LogP contribution in [0, 0.1) is 0 Å². The lowest BCUT2D eigenvalue weighted by Gasteiger charge is -2.11.